The first-order chi connectivity index (χ1) is 15.4. The lowest BCUT2D eigenvalue weighted by Crippen LogP contribution is -2.42. The predicted molar refractivity (Wildman–Crippen MR) is 106 cm³/mol. The maximum Gasteiger partial charge on any atom is 0.499 e. The van der Waals surface area contributed by atoms with Crippen LogP contribution >= 0.6 is 0 Å². The van der Waals surface area contributed by atoms with E-state index in [2.05, 4.69) is 14.7 Å². The number of ether oxygens (including phenoxy) is 1. The number of aryl methyl sites for hydroxylation is 2. The van der Waals surface area contributed by atoms with Crippen molar-refractivity contribution >= 4 is 11.9 Å². The van der Waals surface area contributed by atoms with Crippen LogP contribution in [-0.2, 0) is 0 Å². The van der Waals surface area contributed by atoms with Gasteiger partial charge < -0.3 is 19.6 Å². The number of amides is 1. The van der Waals surface area contributed by atoms with E-state index >= 15 is 0 Å². The van der Waals surface area contributed by atoms with Crippen LogP contribution < -0.4 is 9.64 Å². The van der Waals surface area contributed by atoms with Gasteiger partial charge in [0.15, 0.2) is 0 Å². The highest BCUT2D eigenvalue weighted by Crippen LogP contribution is 2.41. The fourth-order valence-electron chi connectivity index (χ4n) is 4.34. The largest absolute Gasteiger partial charge is 0.507 e. The van der Waals surface area contributed by atoms with Gasteiger partial charge in [-0.1, -0.05) is 6.07 Å². The van der Waals surface area contributed by atoms with Gasteiger partial charge in [0.1, 0.15) is 17.1 Å². The lowest BCUT2D eigenvalue weighted by Gasteiger charge is -2.25. The fraction of sp³-hybridized carbons (Fsp3) is 0.476. The Hall–Kier alpha value is -3.18. The molecule has 2 saturated heterocycles. The summed E-state index contributed by atoms with van der Waals surface area (Å²) < 4.78 is 68.5. The van der Waals surface area contributed by atoms with Crippen molar-refractivity contribution in [2.45, 2.75) is 26.1 Å². The summed E-state index contributed by atoms with van der Waals surface area (Å²) in [5, 5.41) is 10.1. The standard InChI is InChI=1S/C21H21F5N4O3/c1-11-6-12(2)28-19(27-11)30-9-13-7-29(8-14(13)10-30)18(32)17-15(31)4-3-5-16(17)33-21(25,26)20(22,23)24/h3-6,13-14,31H,7-10H2,1-2H3/t13-,14+. The monoisotopic (exact) mass is 472 g/mol. The van der Waals surface area contributed by atoms with E-state index in [4.69, 9.17) is 0 Å². The number of nitrogens with zero attached hydrogens (tertiary/aromatic N) is 4. The van der Waals surface area contributed by atoms with E-state index in [1.165, 1.54) is 4.90 Å². The van der Waals surface area contributed by atoms with Crippen molar-refractivity contribution in [3.8, 4) is 11.5 Å². The molecule has 0 saturated carbocycles. The van der Waals surface area contributed by atoms with Gasteiger partial charge in [0, 0.05) is 49.4 Å². The summed E-state index contributed by atoms with van der Waals surface area (Å²) in [6, 6.07) is 4.70. The van der Waals surface area contributed by atoms with E-state index in [1.807, 2.05) is 24.8 Å². The van der Waals surface area contributed by atoms with E-state index in [0.29, 0.717) is 19.0 Å². The molecule has 178 valence electrons. The van der Waals surface area contributed by atoms with Crippen LogP contribution in [0.15, 0.2) is 24.3 Å². The molecule has 2 aromatic rings. The van der Waals surface area contributed by atoms with Crippen LogP contribution in [0.1, 0.15) is 21.7 Å². The predicted octanol–water partition coefficient (Wildman–Crippen LogP) is 3.54. The van der Waals surface area contributed by atoms with Crippen LogP contribution in [0.3, 0.4) is 0 Å². The summed E-state index contributed by atoms with van der Waals surface area (Å²) >= 11 is 0. The molecule has 1 N–H and O–H groups in total. The first-order valence-electron chi connectivity index (χ1n) is 10.2. The fourth-order valence-corrected chi connectivity index (χ4v) is 4.34. The van der Waals surface area contributed by atoms with Gasteiger partial charge in [-0.2, -0.15) is 22.0 Å². The Morgan fingerprint density at radius 3 is 2.15 bits per heavy atom. The van der Waals surface area contributed by atoms with Crippen LogP contribution in [0.5, 0.6) is 11.5 Å². The quantitative estimate of drug-likeness (QED) is 0.686. The normalized spacial score (nSPS) is 20.8. The molecule has 1 aromatic heterocycles. The van der Waals surface area contributed by atoms with Crippen LogP contribution in [-0.4, -0.2) is 64.3 Å². The van der Waals surface area contributed by atoms with E-state index in [9.17, 15) is 31.9 Å². The van der Waals surface area contributed by atoms with Crippen molar-refractivity contribution < 1.29 is 36.6 Å². The molecule has 0 aliphatic carbocycles. The third-order valence-corrected chi connectivity index (χ3v) is 5.81. The van der Waals surface area contributed by atoms with Crippen molar-refractivity contribution in [3.05, 3.63) is 41.2 Å². The highest BCUT2D eigenvalue weighted by atomic mass is 19.4. The number of halogens is 5. The second kappa shape index (κ2) is 7.99. The Bertz CT molecular complexity index is 1040. The number of phenolic OH excluding ortho intramolecular Hbond substituents is 1. The van der Waals surface area contributed by atoms with E-state index in [0.717, 1.165) is 29.6 Å². The number of anilines is 1. The molecule has 2 aliphatic heterocycles. The molecule has 12 heteroatoms. The van der Waals surface area contributed by atoms with Crippen LogP contribution in [0.4, 0.5) is 27.9 Å². The maximum atomic E-state index is 13.4. The summed E-state index contributed by atoms with van der Waals surface area (Å²) in [5.41, 5.74) is 0.930. The second-order valence-electron chi connectivity index (χ2n) is 8.35. The number of aromatic nitrogens is 2. The SMILES string of the molecule is Cc1cc(C)nc(N2C[C@H]3CN(C(=O)c4c(O)cccc4OC(F)(F)C(F)(F)F)C[C@H]3C2)n1. The first-order valence-corrected chi connectivity index (χ1v) is 10.2. The van der Waals surface area contributed by atoms with Crippen molar-refractivity contribution in [2.24, 2.45) is 11.8 Å². The van der Waals surface area contributed by atoms with Crippen LogP contribution in [0.25, 0.3) is 0 Å². The third kappa shape index (κ3) is 4.38. The smallest absolute Gasteiger partial charge is 0.499 e. The Labute approximate surface area is 185 Å². The molecule has 0 radical (unpaired) electrons. The summed E-state index contributed by atoms with van der Waals surface area (Å²) in [6.45, 7) is 5.34. The molecular formula is C21H21F5N4O3. The minimum atomic E-state index is -5.98. The zero-order valence-electron chi connectivity index (χ0n) is 17.7. The number of benzene rings is 1. The third-order valence-electron chi connectivity index (χ3n) is 5.81. The molecule has 3 heterocycles. The molecule has 0 bridgehead atoms. The molecule has 0 spiro atoms. The molecule has 7 nitrogen and oxygen atoms in total. The average molecular weight is 472 g/mol. The van der Waals surface area contributed by atoms with Crippen molar-refractivity contribution in [2.75, 3.05) is 31.1 Å². The lowest BCUT2D eigenvalue weighted by molar-refractivity contribution is -0.360. The summed E-state index contributed by atoms with van der Waals surface area (Å²) in [4.78, 5) is 25.3. The lowest BCUT2D eigenvalue weighted by atomic mass is 10.0. The molecule has 0 unspecified atom stereocenters. The molecule has 2 aliphatic rings. The zero-order chi connectivity index (χ0) is 24.1. The average Bonchev–Trinajstić information content (AvgIpc) is 3.25. The highest BCUT2D eigenvalue weighted by Gasteiger charge is 2.61. The van der Waals surface area contributed by atoms with Gasteiger partial charge in [-0.05, 0) is 32.0 Å². The van der Waals surface area contributed by atoms with Gasteiger partial charge in [-0.15, -0.1) is 0 Å². The van der Waals surface area contributed by atoms with E-state index in [-0.39, 0.29) is 24.9 Å². The molecule has 33 heavy (non-hydrogen) atoms. The number of phenols is 1. The molecule has 1 amide bonds. The summed E-state index contributed by atoms with van der Waals surface area (Å²) in [6.07, 6.45) is -11.5. The van der Waals surface area contributed by atoms with Gasteiger partial charge in [-0.25, -0.2) is 9.97 Å². The molecular weight excluding hydrogens is 451 g/mol. The first kappa shape index (κ1) is 23.0. The number of rotatable bonds is 4. The van der Waals surface area contributed by atoms with Gasteiger partial charge in [0.25, 0.3) is 5.91 Å². The van der Waals surface area contributed by atoms with Crippen molar-refractivity contribution in [3.63, 3.8) is 0 Å². The second-order valence-corrected chi connectivity index (χ2v) is 8.35. The number of likely N-dealkylation sites (tertiary alicyclic amines) is 1. The Balaban J connectivity index is 1.50. The Morgan fingerprint density at radius 2 is 1.61 bits per heavy atom. The van der Waals surface area contributed by atoms with Crippen LogP contribution in [0.2, 0.25) is 0 Å². The molecule has 2 atom stereocenters. The number of carbonyl (C=O) groups is 1. The number of alkyl halides is 5. The number of hydrogen-bond donors (Lipinski definition) is 1. The molecule has 4 rings (SSSR count). The zero-order valence-corrected chi connectivity index (χ0v) is 17.7. The van der Waals surface area contributed by atoms with Gasteiger partial charge in [0.2, 0.25) is 5.95 Å². The minimum absolute atomic E-state index is 0.0326. The topological polar surface area (TPSA) is 78.8 Å². The summed E-state index contributed by atoms with van der Waals surface area (Å²) in [7, 11) is 0. The molecule has 2 fully saturated rings. The Morgan fingerprint density at radius 1 is 1.03 bits per heavy atom. The number of hydrogen-bond acceptors (Lipinski definition) is 6. The van der Waals surface area contributed by atoms with E-state index < -0.39 is 35.3 Å². The maximum absolute atomic E-state index is 13.4. The van der Waals surface area contributed by atoms with Crippen molar-refractivity contribution in [1.29, 1.82) is 0 Å². The van der Waals surface area contributed by atoms with Gasteiger partial charge >= 0.3 is 12.3 Å². The van der Waals surface area contributed by atoms with Crippen molar-refractivity contribution in [1.82, 2.24) is 14.9 Å². The number of aromatic hydroxyl groups is 1. The highest BCUT2D eigenvalue weighted by molar-refractivity contribution is 5.99. The van der Waals surface area contributed by atoms with E-state index in [1.54, 1.807) is 0 Å². The summed E-state index contributed by atoms with van der Waals surface area (Å²) in [5.74, 6) is -1.99. The molecule has 1 aromatic carbocycles. The number of fused-ring (bicyclic) bond motifs is 1. The van der Waals surface area contributed by atoms with Gasteiger partial charge in [0.05, 0.1) is 0 Å². The number of carbonyl (C=O) groups excluding carboxylic acids is 1. The van der Waals surface area contributed by atoms with Crippen LogP contribution in [0, 0.1) is 25.7 Å². The van der Waals surface area contributed by atoms with Gasteiger partial charge in [-0.3, -0.25) is 4.79 Å². The minimum Gasteiger partial charge on any atom is -0.507 e. The Kier molecular flexibility index (Phi) is 5.57.